The molecule has 0 aliphatic carbocycles. The minimum absolute atomic E-state index is 0.0309. The first-order valence-electron chi connectivity index (χ1n) is 9.99. The van der Waals surface area contributed by atoms with Gasteiger partial charge in [0.05, 0.1) is 10.6 Å². The van der Waals surface area contributed by atoms with E-state index in [1.807, 2.05) is 26.0 Å². The zero-order chi connectivity index (χ0) is 21.2. The summed E-state index contributed by atoms with van der Waals surface area (Å²) in [5, 5.41) is 3.91. The molecule has 29 heavy (non-hydrogen) atoms. The Morgan fingerprint density at radius 2 is 1.72 bits per heavy atom. The van der Waals surface area contributed by atoms with Crippen LogP contribution in [0.25, 0.3) is 0 Å². The van der Waals surface area contributed by atoms with E-state index in [1.54, 1.807) is 17.0 Å². The smallest absolute Gasteiger partial charge is 0.243 e. The molecule has 0 spiro atoms. The van der Waals surface area contributed by atoms with Crippen LogP contribution in [0.5, 0.6) is 0 Å². The highest BCUT2D eigenvalue weighted by Gasteiger charge is 2.30. The second-order valence-corrected chi connectivity index (χ2v) is 9.75. The van der Waals surface area contributed by atoms with Crippen molar-refractivity contribution in [1.29, 1.82) is 0 Å². The van der Waals surface area contributed by atoms with Gasteiger partial charge in [-0.05, 0) is 43.9 Å². The third-order valence-electron chi connectivity index (χ3n) is 5.55. The third-order valence-corrected chi connectivity index (χ3v) is 7.46. The van der Waals surface area contributed by atoms with Gasteiger partial charge in [-0.25, -0.2) is 8.42 Å². The normalized spacial score (nSPS) is 15.8. The minimum Gasteiger partial charge on any atom is -0.361 e. The van der Waals surface area contributed by atoms with E-state index in [0.717, 1.165) is 22.6 Å². The maximum absolute atomic E-state index is 12.9. The van der Waals surface area contributed by atoms with Crippen molar-refractivity contribution in [2.45, 2.75) is 51.3 Å². The lowest BCUT2D eigenvalue weighted by Crippen LogP contribution is -2.50. The van der Waals surface area contributed by atoms with Crippen LogP contribution in [0.1, 0.15) is 48.8 Å². The fourth-order valence-electron chi connectivity index (χ4n) is 3.60. The van der Waals surface area contributed by atoms with Crippen molar-refractivity contribution in [3.8, 4) is 0 Å². The number of carbonyl (C=O) groups is 1. The lowest BCUT2D eigenvalue weighted by molar-refractivity contribution is -0.132. The Hall–Kier alpha value is -2.19. The first kappa shape index (κ1) is 21.5. The van der Waals surface area contributed by atoms with Gasteiger partial charge in [-0.3, -0.25) is 4.79 Å². The number of amides is 1. The van der Waals surface area contributed by atoms with Gasteiger partial charge in [0.25, 0.3) is 0 Å². The van der Waals surface area contributed by atoms with Crippen LogP contribution in [-0.2, 0) is 21.2 Å². The van der Waals surface area contributed by atoms with Crippen molar-refractivity contribution in [2.75, 3.05) is 26.2 Å². The molecule has 7 nitrogen and oxygen atoms in total. The van der Waals surface area contributed by atoms with Crippen LogP contribution >= 0.6 is 0 Å². The Labute approximate surface area is 172 Å². The fourth-order valence-corrected chi connectivity index (χ4v) is 5.02. The summed E-state index contributed by atoms with van der Waals surface area (Å²) < 4.78 is 32.4. The molecule has 1 aromatic carbocycles. The van der Waals surface area contributed by atoms with Crippen molar-refractivity contribution in [1.82, 2.24) is 14.4 Å². The van der Waals surface area contributed by atoms with Crippen molar-refractivity contribution in [3.63, 3.8) is 0 Å². The van der Waals surface area contributed by atoms with Crippen LogP contribution in [0.15, 0.2) is 33.7 Å². The van der Waals surface area contributed by atoms with Crippen LogP contribution in [0.3, 0.4) is 0 Å². The predicted octanol–water partition coefficient (Wildman–Crippen LogP) is 2.88. The van der Waals surface area contributed by atoms with Crippen molar-refractivity contribution >= 4 is 15.9 Å². The Morgan fingerprint density at radius 1 is 1.10 bits per heavy atom. The van der Waals surface area contributed by atoms with Gasteiger partial charge >= 0.3 is 0 Å². The van der Waals surface area contributed by atoms with E-state index in [0.29, 0.717) is 49.8 Å². The Kier molecular flexibility index (Phi) is 6.43. The van der Waals surface area contributed by atoms with Crippen molar-refractivity contribution in [2.24, 2.45) is 0 Å². The number of carbonyl (C=O) groups excluding carboxylic acids is 1. The summed E-state index contributed by atoms with van der Waals surface area (Å²) >= 11 is 0. The molecule has 2 aromatic rings. The summed E-state index contributed by atoms with van der Waals surface area (Å²) in [5.41, 5.74) is 2.90. The van der Waals surface area contributed by atoms with Gasteiger partial charge in [0, 0.05) is 38.2 Å². The summed E-state index contributed by atoms with van der Waals surface area (Å²) in [4.78, 5) is 14.6. The average Bonchev–Trinajstić information content (AvgIpc) is 3.03. The Morgan fingerprint density at radius 3 is 2.24 bits per heavy atom. The number of rotatable bonds is 6. The molecule has 2 heterocycles. The second kappa shape index (κ2) is 8.67. The molecule has 1 aliphatic heterocycles. The highest BCUT2D eigenvalue weighted by atomic mass is 32.2. The maximum atomic E-state index is 12.9. The zero-order valence-corrected chi connectivity index (χ0v) is 18.3. The Balaban J connectivity index is 1.57. The monoisotopic (exact) mass is 419 g/mol. The van der Waals surface area contributed by atoms with E-state index < -0.39 is 10.0 Å². The molecule has 3 rings (SSSR count). The number of sulfonamides is 1. The number of aryl methyl sites for hydroxylation is 2. The summed E-state index contributed by atoms with van der Waals surface area (Å²) in [6, 6.07) is 7.08. The molecule has 1 aliphatic rings. The molecule has 8 heteroatoms. The van der Waals surface area contributed by atoms with Crippen LogP contribution in [0, 0.1) is 13.8 Å². The fraction of sp³-hybridized carbons (Fsp3) is 0.524. The van der Waals surface area contributed by atoms with Gasteiger partial charge in [0.15, 0.2) is 0 Å². The summed E-state index contributed by atoms with van der Waals surface area (Å²) in [6.07, 6.45) is 0.951. The minimum atomic E-state index is -3.54. The molecule has 0 bridgehead atoms. The molecule has 0 saturated carbocycles. The summed E-state index contributed by atoms with van der Waals surface area (Å²) in [7, 11) is -3.54. The van der Waals surface area contributed by atoms with E-state index in [-0.39, 0.29) is 5.91 Å². The molecule has 1 fully saturated rings. The maximum Gasteiger partial charge on any atom is 0.243 e. The predicted molar refractivity (Wildman–Crippen MR) is 110 cm³/mol. The van der Waals surface area contributed by atoms with Crippen LogP contribution in [-0.4, -0.2) is 54.9 Å². The van der Waals surface area contributed by atoms with E-state index in [2.05, 4.69) is 19.0 Å². The first-order chi connectivity index (χ1) is 13.7. The van der Waals surface area contributed by atoms with E-state index in [4.69, 9.17) is 4.52 Å². The number of aromatic nitrogens is 1. The lowest BCUT2D eigenvalue weighted by atomic mass is 10.0. The molecular formula is C21H29N3O4S. The van der Waals surface area contributed by atoms with Gasteiger partial charge in [0.1, 0.15) is 5.76 Å². The van der Waals surface area contributed by atoms with Crippen LogP contribution < -0.4 is 0 Å². The zero-order valence-electron chi connectivity index (χ0n) is 17.5. The highest BCUT2D eigenvalue weighted by Crippen LogP contribution is 2.22. The SMILES string of the molecule is Cc1noc(C)c1CCC(=O)N1CCN(S(=O)(=O)c2ccc(C(C)C)cc2)CC1. The number of benzene rings is 1. The molecule has 0 atom stereocenters. The second-order valence-electron chi connectivity index (χ2n) is 7.81. The number of nitrogens with zero attached hydrogens (tertiary/aromatic N) is 3. The van der Waals surface area contributed by atoms with Crippen LogP contribution in [0.4, 0.5) is 0 Å². The standard InChI is InChI=1S/C21H29N3O4S/c1-15(2)18-5-7-19(8-6-18)29(26,27)24-13-11-23(12-14-24)21(25)10-9-20-16(3)22-28-17(20)4/h5-8,15H,9-14H2,1-4H3. The topological polar surface area (TPSA) is 83.7 Å². The third kappa shape index (κ3) is 4.70. The Bertz CT molecular complexity index is 937. The molecule has 1 saturated heterocycles. The van der Waals surface area contributed by atoms with Gasteiger partial charge < -0.3 is 9.42 Å². The lowest BCUT2D eigenvalue weighted by Gasteiger charge is -2.34. The van der Waals surface area contributed by atoms with Crippen molar-refractivity contribution in [3.05, 3.63) is 46.8 Å². The number of hydrogen-bond donors (Lipinski definition) is 0. The van der Waals surface area contributed by atoms with Gasteiger partial charge in [-0.1, -0.05) is 31.1 Å². The van der Waals surface area contributed by atoms with E-state index in [9.17, 15) is 13.2 Å². The number of piperazine rings is 1. The van der Waals surface area contributed by atoms with Gasteiger partial charge in [-0.15, -0.1) is 0 Å². The molecular weight excluding hydrogens is 390 g/mol. The molecule has 0 radical (unpaired) electrons. The van der Waals surface area contributed by atoms with E-state index >= 15 is 0 Å². The molecule has 1 aromatic heterocycles. The molecule has 1 amide bonds. The van der Waals surface area contributed by atoms with Crippen molar-refractivity contribution < 1.29 is 17.7 Å². The van der Waals surface area contributed by atoms with Crippen LogP contribution in [0.2, 0.25) is 0 Å². The average molecular weight is 420 g/mol. The summed E-state index contributed by atoms with van der Waals surface area (Å²) in [5.74, 6) is 1.13. The molecule has 158 valence electrons. The van der Waals surface area contributed by atoms with Gasteiger partial charge in [0.2, 0.25) is 15.9 Å². The highest BCUT2D eigenvalue weighted by molar-refractivity contribution is 7.89. The largest absolute Gasteiger partial charge is 0.361 e. The number of hydrogen-bond acceptors (Lipinski definition) is 5. The molecule has 0 unspecified atom stereocenters. The molecule has 0 N–H and O–H groups in total. The van der Waals surface area contributed by atoms with Gasteiger partial charge in [-0.2, -0.15) is 4.31 Å². The summed E-state index contributed by atoms with van der Waals surface area (Å²) in [6.45, 7) is 9.30. The first-order valence-corrected chi connectivity index (χ1v) is 11.4. The quantitative estimate of drug-likeness (QED) is 0.719. The van der Waals surface area contributed by atoms with E-state index in [1.165, 1.54) is 4.31 Å².